The van der Waals surface area contributed by atoms with Gasteiger partial charge in [0.15, 0.2) is 0 Å². The Bertz CT molecular complexity index is 1420. The van der Waals surface area contributed by atoms with Crippen LogP contribution in [0.1, 0.15) is 29.7 Å². The van der Waals surface area contributed by atoms with E-state index in [1.165, 1.54) is 10.4 Å². The highest BCUT2D eigenvalue weighted by Crippen LogP contribution is 2.42. The molecule has 1 aliphatic heterocycles. The molecule has 1 unspecified atom stereocenters. The molecule has 0 bridgehead atoms. The number of carbonyl (C=O) groups excluding carboxylic acids is 1. The van der Waals surface area contributed by atoms with Crippen molar-refractivity contribution in [2.24, 2.45) is 5.92 Å². The molecule has 188 valence electrons. The number of amides is 1. The van der Waals surface area contributed by atoms with Gasteiger partial charge in [0.2, 0.25) is 5.91 Å². The number of thiophene rings is 1. The van der Waals surface area contributed by atoms with Gasteiger partial charge in [0.05, 0.1) is 29.9 Å². The summed E-state index contributed by atoms with van der Waals surface area (Å²) >= 11 is 1.70. The van der Waals surface area contributed by atoms with E-state index in [2.05, 4.69) is 49.4 Å². The molecule has 1 saturated heterocycles. The molecule has 0 spiro atoms. The smallest absolute Gasteiger partial charge is 0.226 e. The van der Waals surface area contributed by atoms with Crippen LogP contribution in [-0.4, -0.2) is 76.2 Å². The van der Waals surface area contributed by atoms with Crippen LogP contribution in [0.4, 0.5) is 11.5 Å². The van der Waals surface area contributed by atoms with Gasteiger partial charge in [0, 0.05) is 41.4 Å². The van der Waals surface area contributed by atoms with Gasteiger partial charge in [0.25, 0.3) is 0 Å². The van der Waals surface area contributed by atoms with Crippen molar-refractivity contribution >= 4 is 49.9 Å². The molecule has 1 aliphatic carbocycles. The maximum absolute atomic E-state index is 13.4. The summed E-state index contributed by atoms with van der Waals surface area (Å²) in [5.74, 6) is 1.85. The second-order valence-corrected chi connectivity index (χ2v) is 11.1. The number of nitrogens with one attached hydrogen (secondary N) is 2. The van der Waals surface area contributed by atoms with Gasteiger partial charge in [-0.25, -0.2) is 9.97 Å². The van der Waals surface area contributed by atoms with Crippen LogP contribution in [0.25, 0.3) is 21.1 Å². The van der Waals surface area contributed by atoms with E-state index >= 15 is 0 Å². The predicted octanol–water partition coefficient (Wildman–Crippen LogP) is 3.98. The molecule has 2 aliphatic rings. The van der Waals surface area contributed by atoms with Gasteiger partial charge in [0.1, 0.15) is 22.7 Å². The minimum atomic E-state index is 0.0504. The van der Waals surface area contributed by atoms with Gasteiger partial charge in [-0.05, 0) is 57.8 Å². The average molecular weight is 506 g/mol. The third kappa shape index (κ3) is 4.08. The van der Waals surface area contributed by atoms with Gasteiger partial charge >= 0.3 is 0 Å². The van der Waals surface area contributed by atoms with Crippen LogP contribution in [0.3, 0.4) is 0 Å². The summed E-state index contributed by atoms with van der Waals surface area (Å²) in [5, 5.41) is 12.7. The molecule has 10 heteroatoms. The fraction of sp³-hybridized carbons (Fsp3) is 0.462. The highest BCUT2D eigenvalue weighted by atomic mass is 32.1. The zero-order valence-corrected chi connectivity index (χ0v) is 21.7. The number of rotatable bonds is 5. The average Bonchev–Trinajstić information content (AvgIpc) is 3.51. The summed E-state index contributed by atoms with van der Waals surface area (Å²) in [6, 6.07) is 4.52. The number of fused-ring (bicyclic) bond motifs is 4. The number of likely N-dealkylation sites (tertiary alicyclic amines) is 1. The van der Waals surface area contributed by atoms with Crippen LogP contribution in [0.15, 0.2) is 24.7 Å². The van der Waals surface area contributed by atoms with Crippen molar-refractivity contribution in [3.8, 4) is 5.75 Å². The molecule has 3 aromatic heterocycles. The third-order valence-corrected chi connectivity index (χ3v) is 8.88. The molecule has 1 amide bonds. The summed E-state index contributed by atoms with van der Waals surface area (Å²) in [5.41, 5.74) is 3.02. The molecular weight excluding hydrogens is 474 g/mol. The summed E-state index contributed by atoms with van der Waals surface area (Å²) < 4.78 is 5.62. The van der Waals surface area contributed by atoms with Crippen LogP contribution >= 0.6 is 11.3 Å². The fourth-order valence-electron chi connectivity index (χ4n) is 5.64. The number of anilines is 2. The van der Waals surface area contributed by atoms with Crippen molar-refractivity contribution in [2.45, 2.75) is 38.1 Å². The molecule has 9 nitrogen and oxygen atoms in total. The Morgan fingerprint density at radius 2 is 2.06 bits per heavy atom. The second kappa shape index (κ2) is 9.33. The molecular formula is C26H31N7O2S. The molecule has 36 heavy (non-hydrogen) atoms. The number of carbonyl (C=O) groups is 1. The van der Waals surface area contributed by atoms with E-state index in [9.17, 15) is 4.79 Å². The monoisotopic (exact) mass is 505 g/mol. The third-order valence-electron chi connectivity index (χ3n) is 7.71. The molecule has 0 saturated carbocycles. The first-order valence-electron chi connectivity index (χ1n) is 12.5. The molecule has 4 aromatic rings. The quantitative estimate of drug-likeness (QED) is 0.423. The Morgan fingerprint density at radius 1 is 1.22 bits per heavy atom. The maximum atomic E-state index is 13.4. The zero-order valence-electron chi connectivity index (χ0n) is 20.9. The molecule has 1 aromatic carbocycles. The molecule has 1 fully saturated rings. The first kappa shape index (κ1) is 23.2. The van der Waals surface area contributed by atoms with E-state index in [1.54, 1.807) is 31.0 Å². The van der Waals surface area contributed by atoms with E-state index in [4.69, 9.17) is 4.74 Å². The number of nitrogens with zero attached hydrogens (tertiary/aromatic N) is 5. The Hall–Kier alpha value is -3.24. The number of aromatic nitrogens is 4. The zero-order chi connectivity index (χ0) is 24.8. The van der Waals surface area contributed by atoms with Crippen LogP contribution in [-0.2, 0) is 17.6 Å². The highest BCUT2D eigenvalue weighted by Gasteiger charge is 2.33. The Balaban J connectivity index is 1.25. The standard InChI is InChI=1S/C26H31N7O2S/c1-32(2)17-6-8-33(9-7-17)26(34)15-4-5-18-22(11-15)36-25-23(18)24(27-14-28-25)30-20-10-16-13-29-31-19(16)12-21(20)35-3/h10,12-15,17H,4-9,11H2,1-3H3,(H,29,31)(H,27,28,30). The largest absolute Gasteiger partial charge is 0.494 e. The van der Waals surface area contributed by atoms with E-state index in [0.29, 0.717) is 17.7 Å². The molecule has 6 rings (SSSR count). The van der Waals surface area contributed by atoms with Crippen molar-refractivity contribution in [3.63, 3.8) is 0 Å². The first-order chi connectivity index (χ1) is 17.5. The van der Waals surface area contributed by atoms with E-state index in [1.807, 2.05) is 12.1 Å². The van der Waals surface area contributed by atoms with E-state index < -0.39 is 0 Å². The number of benzene rings is 1. The Morgan fingerprint density at radius 3 is 2.83 bits per heavy atom. The SMILES string of the molecule is COc1cc2[nH]ncc2cc1Nc1ncnc2sc3c(c12)CCC(C(=O)N1CCC(N(C)C)CC1)C3. The molecule has 4 heterocycles. The van der Waals surface area contributed by atoms with Crippen molar-refractivity contribution in [2.75, 3.05) is 39.6 Å². The van der Waals surface area contributed by atoms with Crippen molar-refractivity contribution in [1.82, 2.24) is 30.0 Å². The number of methoxy groups -OCH3 is 1. The van der Waals surface area contributed by atoms with E-state index in [-0.39, 0.29) is 5.92 Å². The maximum Gasteiger partial charge on any atom is 0.226 e. The summed E-state index contributed by atoms with van der Waals surface area (Å²) in [4.78, 5) is 29.1. The lowest BCUT2D eigenvalue weighted by atomic mass is 9.86. The number of hydrogen-bond acceptors (Lipinski definition) is 8. The minimum Gasteiger partial charge on any atom is -0.494 e. The lowest BCUT2D eigenvalue weighted by molar-refractivity contribution is -0.137. The van der Waals surface area contributed by atoms with Crippen LogP contribution in [0, 0.1) is 5.92 Å². The fourth-order valence-corrected chi connectivity index (χ4v) is 6.91. The van der Waals surface area contributed by atoms with E-state index in [0.717, 1.165) is 77.8 Å². The lowest BCUT2D eigenvalue weighted by Crippen LogP contribution is -2.47. The topological polar surface area (TPSA) is 99.3 Å². The minimum absolute atomic E-state index is 0.0504. The van der Waals surface area contributed by atoms with Crippen molar-refractivity contribution in [1.29, 1.82) is 0 Å². The van der Waals surface area contributed by atoms with Gasteiger partial charge < -0.3 is 19.9 Å². The molecule has 2 N–H and O–H groups in total. The van der Waals surface area contributed by atoms with Crippen LogP contribution < -0.4 is 10.1 Å². The summed E-state index contributed by atoms with van der Waals surface area (Å²) in [6.07, 6.45) is 8.02. The predicted molar refractivity (Wildman–Crippen MR) is 142 cm³/mol. The summed E-state index contributed by atoms with van der Waals surface area (Å²) in [7, 11) is 5.92. The Labute approximate surface area is 213 Å². The van der Waals surface area contributed by atoms with Gasteiger partial charge in [-0.15, -0.1) is 11.3 Å². The number of H-pyrrole nitrogens is 1. The van der Waals surface area contributed by atoms with Gasteiger partial charge in [-0.1, -0.05) is 0 Å². The lowest BCUT2D eigenvalue weighted by Gasteiger charge is -2.37. The van der Waals surface area contributed by atoms with Crippen molar-refractivity contribution < 1.29 is 9.53 Å². The molecule has 0 radical (unpaired) electrons. The number of ether oxygens (including phenoxy) is 1. The van der Waals surface area contributed by atoms with Gasteiger partial charge in [-0.3, -0.25) is 9.89 Å². The number of aromatic amines is 1. The number of aryl methyl sites for hydroxylation is 1. The normalized spacial score (nSPS) is 18.7. The number of piperidine rings is 1. The van der Waals surface area contributed by atoms with Crippen molar-refractivity contribution in [3.05, 3.63) is 35.1 Å². The van der Waals surface area contributed by atoms with Gasteiger partial charge in [-0.2, -0.15) is 5.10 Å². The second-order valence-electron chi connectivity index (χ2n) is 10.0. The van der Waals surface area contributed by atoms with Crippen LogP contribution in [0.2, 0.25) is 0 Å². The highest BCUT2D eigenvalue weighted by molar-refractivity contribution is 7.19. The summed E-state index contributed by atoms with van der Waals surface area (Å²) in [6.45, 7) is 1.72. The Kier molecular flexibility index (Phi) is 6.00. The first-order valence-corrected chi connectivity index (χ1v) is 13.3. The molecule has 1 atom stereocenters. The van der Waals surface area contributed by atoms with Crippen LogP contribution in [0.5, 0.6) is 5.75 Å². The number of hydrogen-bond donors (Lipinski definition) is 2.